The van der Waals surface area contributed by atoms with E-state index in [9.17, 15) is 0 Å². The highest BCUT2D eigenvalue weighted by molar-refractivity contribution is 4.86. The van der Waals surface area contributed by atoms with E-state index >= 15 is 0 Å². The molecule has 1 N–H and O–H groups in total. The second-order valence-corrected chi connectivity index (χ2v) is 6.54. The molecule has 1 saturated heterocycles. The molecule has 1 heterocycles. The van der Waals surface area contributed by atoms with Crippen LogP contribution in [0.5, 0.6) is 0 Å². The average molecular weight is 225 g/mol. The van der Waals surface area contributed by atoms with Crippen molar-refractivity contribution in [1.29, 1.82) is 0 Å². The summed E-state index contributed by atoms with van der Waals surface area (Å²) in [5.74, 6) is 0.741. The molecule has 0 aromatic carbocycles. The average Bonchev–Trinajstić information content (AvgIpc) is 2.68. The topological polar surface area (TPSA) is 21.3 Å². The summed E-state index contributed by atoms with van der Waals surface area (Å²) in [7, 11) is 0. The van der Waals surface area contributed by atoms with Crippen LogP contribution in [0, 0.1) is 11.3 Å². The summed E-state index contributed by atoms with van der Waals surface area (Å²) in [6, 6.07) is 1.36. The molecule has 0 radical (unpaired) electrons. The summed E-state index contributed by atoms with van der Waals surface area (Å²) in [6.45, 7) is 9.08. The minimum atomic E-state index is 0.543. The van der Waals surface area contributed by atoms with Crippen molar-refractivity contribution < 1.29 is 4.74 Å². The molecule has 1 saturated carbocycles. The van der Waals surface area contributed by atoms with Gasteiger partial charge in [-0.3, -0.25) is 0 Å². The van der Waals surface area contributed by atoms with Crippen LogP contribution in [0.3, 0.4) is 0 Å². The van der Waals surface area contributed by atoms with E-state index in [1.807, 2.05) is 0 Å². The van der Waals surface area contributed by atoms with Gasteiger partial charge >= 0.3 is 0 Å². The highest BCUT2D eigenvalue weighted by Crippen LogP contribution is 2.35. The molecule has 0 spiro atoms. The fourth-order valence-electron chi connectivity index (χ4n) is 3.30. The van der Waals surface area contributed by atoms with E-state index in [4.69, 9.17) is 4.74 Å². The van der Waals surface area contributed by atoms with Gasteiger partial charge in [-0.15, -0.1) is 0 Å². The molecule has 0 bridgehead atoms. The lowest BCUT2D eigenvalue weighted by Gasteiger charge is -2.37. The third-order valence-electron chi connectivity index (χ3n) is 4.38. The SMILES string of the molecule is CC(NC1CCCC(C)(C)C1)C1CCOC1. The van der Waals surface area contributed by atoms with Crippen LogP contribution in [-0.4, -0.2) is 25.3 Å². The van der Waals surface area contributed by atoms with Gasteiger partial charge in [-0.2, -0.15) is 0 Å². The molecule has 2 rings (SSSR count). The maximum Gasteiger partial charge on any atom is 0.0509 e. The molecule has 2 aliphatic rings. The van der Waals surface area contributed by atoms with Gasteiger partial charge in [0.15, 0.2) is 0 Å². The molecule has 16 heavy (non-hydrogen) atoms. The fraction of sp³-hybridized carbons (Fsp3) is 1.00. The largest absolute Gasteiger partial charge is 0.381 e. The van der Waals surface area contributed by atoms with Crippen LogP contribution >= 0.6 is 0 Å². The summed E-state index contributed by atoms with van der Waals surface area (Å²) >= 11 is 0. The van der Waals surface area contributed by atoms with Crippen LogP contribution in [-0.2, 0) is 4.74 Å². The summed E-state index contributed by atoms with van der Waals surface area (Å²) in [5, 5.41) is 3.84. The van der Waals surface area contributed by atoms with Crippen molar-refractivity contribution in [2.75, 3.05) is 13.2 Å². The van der Waals surface area contributed by atoms with Crippen molar-refractivity contribution >= 4 is 0 Å². The minimum Gasteiger partial charge on any atom is -0.381 e. The molecule has 94 valence electrons. The van der Waals surface area contributed by atoms with Gasteiger partial charge in [-0.1, -0.05) is 20.3 Å². The monoisotopic (exact) mass is 225 g/mol. The number of nitrogens with one attached hydrogen (secondary N) is 1. The lowest BCUT2D eigenvalue weighted by atomic mass is 9.75. The van der Waals surface area contributed by atoms with Crippen LogP contribution in [0.1, 0.15) is 52.9 Å². The van der Waals surface area contributed by atoms with Crippen LogP contribution < -0.4 is 5.32 Å². The third kappa shape index (κ3) is 3.21. The Balaban J connectivity index is 1.79. The smallest absolute Gasteiger partial charge is 0.0509 e. The minimum absolute atomic E-state index is 0.543. The summed E-state index contributed by atoms with van der Waals surface area (Å²) < 4.78 is 5.47. The maximum atomic E-state index is 5.47. The number of hydrogen-bond acceptors (Lipinski definition) is 2. The van der Waals surface area contributed by atoms with Crippen molar-refractivity contribution in [1.82, 2.24) is 5.32 Å². The predicted octanol–water partition coefficient (Wildman–Crippen LogP) is 2.97. The van der Waals surface area contributed by atoms with E-state index in [1.54, 1.807) is 0 Å². The third-order valence-corrected chi connectivity index (χ3v) is 4.38. The zero-order valence-corrected chi connectivity index (χ0v) is 11.1. The van der Waals surface area contributed by atoms with Gasteiger partial charge in [0.25, 0.3) is 0 Å². The first-order valence-corrected chi connectivity index (χ1v) is 6.91. The Labute approximate surface area is 100 Å². The van der Waals surface area contributed by atoms with Gasteiger partial charge in [0.2, 0.25) is 0 Å². The molecule has 1 aliphatic carbocycles. The Morgan fingerprint density at radius 1 is 1.31 bits per heavy atom. The van der Waals surface area contributed by atoms with Crippen molar-refractivity contribution in [3.8, 4) is 0 Å². The second-order valence-electron chi connectivity index (χ2n) is 6.54. The van der Waals surface area contributed by atoms with Crippen LogP contribution in [0.25, 0.3) is 0 Å². The number of ether oxygens (including phenoxy) is 1. The Morgan fingerprint density at radius 3 is 2.75 bits per heavy atom. The van der Waals surface area contributed by atoms with Gasteiger partial charge in [0.1, 0.15) is 0 Å². The lowest BCUT2D eigenvalue weighted by molar-refractivity contribution is 0.160. The first kappa shape index (κ1) is 12.4. The maximum absolute atomic E-state index is 5.47. The van der Waals surface area contributed by atoms with Crippen molar-refractivity contribution in [2.45, 2.75) is 65.0 Å². The summed E-state index contributed by atoms with van der Waals surface area (Å²) in [4.78, 5) is 0. The van der Waals surface area contributed by atoms with Gasteiger partial charge in [0, 0.05) is 18.7 Å². The highest BCUT2D eigenvalue weighted by Gasteiger charge is 2.30. The molecule has 2 nitrogen and oxygen atoms in total. The molecule has 3 atom stereocenters. The number of hydrogen-bond donors (Lipinski definition) is 1. The van der Waals surface area contributed by atoms with Crippen molar-refractivity contribution in [3.63, 3.8) is 0 Å². The molecule has 0 aromatic rings. The second kappa shape index (κ2) is 5.05. The Morgan fingerprint density at radius 2 is 2.12 bits per heavy atom. The molecule has 1 aliphatic heterocycles. The van der Waals surface area contributed by atoms with E-state index in [0.29, 0.717) is 11.5 Å². The van der Waals surface area contributed by atoms with E-state index < -0.39 is 0 Å². The molecular formula is C14H27NO. The molecule has 0 aromatic heterocycles. The van der Waals surface area contributed by atoms with Gasteiger partial charge in [-0.05, 0) is 43.9 Å². The Bertz CT molecular complexity index is 221. The normalized spacial score (nSPS) is 36.2. The zero-order valence-electron chi connectivity index (χ0n) is 11.1. The fourth-order valence-corrected chi connectivity index (χ4v) is 3.30. The van der Waals surface area contributed by atoms with Gasteiger partial charge < -0.3 is 10.1 Å². The van der Waals surface area contributed by atoms with E-state index in [-0.39, 0.29) is 0 Å². The first-order chi connectivity index (χ1) is 7.57. The lowest BCUT2D eigenvalue weighted by Crippen LogP contribution is -2.44. The Kier molecular flexibility index (Phi) is 3.91. The molecule has 3 unspecified atom stereocenters. The van der Waals surface area contributed by atoms with Crippen LogP contribution in [0.15, 0.2) is 0 Å². The molecular weight excluding hydrogens is 198 g/mol. The van der Waals surface area contributed by atoms with Crippen LogP contribution in [0.2, 0.25) is 0 Å². The summed E-state index contributed by atoms with van der Waals surface area (Å²) in [5.41, 5.74) is 0.543. The van der Waals surface area contributed by atoms with E-state index in [0.717, 1.165) is 25.2 Å². The van der Waals surface area contributed by atoms with Crippen molar-refractivity contribution in [2.24, 2.45) is 11.3 Å². The van der Waals surface area contributed by atoms with Gasteiger partial charge in [-0.25, -0.2) is 0 Å². The molecule has 0 amide bonds. The standard InChI is InChI=1S/C14H27NO/c1-11(12-6-8-16-10-12)15-13-5-4-7-14(2,3)9-13/h11-13,15H,4-10H2,1-3H3. The first-order valence-electron chi connectivity index (χ1n) is 6.91. The predicted molar refractivity (Wildman–Crippen MR) is 67.6 cm³/mol. The quantitative estimate of drug-likeness (QED) is 0.797. The molecule has 2 fully saturated rings. The molecule has 2 heteroatoms. The summed E-state index contributed by atoms with van der Waals surface area (Å²) in [6.07, 6.45) is 6.72. The van der Waals surface area contributed by atoms with Crippen LogP contribution in [0.4, 0.5) is 0 Å². The van der Waals surface area contributed by atoms with E-state index in [2.05, 4.69) is 26.1 Å². The van der Waals surface area contributed by atoms with Gasteiger partial charge in [0.05, 0.1) is 6.61 Å². The Hall–Kier alpha value is -0.0800. The highest BCUT2D eigenvalue weighted by atomic mass is 16.5. The van der Waals surface area contributed by atoms with E-state index in [1.165, 1.54) is 32.1 Å². The van der Waals surface area contributed by atoms with Crippen molar-refractivity contribution in [3.05, 3.63) is 0 Å². The number of rotatable bonds is 3. The zero-order chi connectivity index (χ0) is 11.6.